The fourth-order valence-corrected chi connectivity index (χ4v) is 2.46. The Morgan fingerprint density at radius 1 is 1.25 bits per heavy atom. The highest BCUT2D eigenvalue weighted by Gasteiger charge is 2.18. The van der Waals surface area contributed by atoms with Crippen LogP contribution in [0.2, 0.25) is 0 Å². The number of anilines is 1. The van der Waals surface area contributed by atoms with Crippen molar-refractivity contribution in [2.75, 3.05) is 25.2 Å². The molecule has 0 saturated heterocycles. The number of aromatic hydroxyl groups is 1. The zero-order valence-electron chi connectivity index (χ0n) is 11.4. The van der Waals surface area contributed by atoms with Gasteiger partial charge >= 0.3 is 0 Å². The number of phenolic OH excluding ortho intramolecular Hbond substituents is 1. The van der Waals surface area contributed by atoms with Gasteiger partial charge in [0.2, 0.25) is 0 Å². The first-order chi connectivity index (χ1) is 9.78. The van der Waals surface area contributed by atoms with Crippen molar-refractivity contribution in [1.82, 2.24) is 0 Å². The van der Waals surface area contributed by atoms with Crippen LogP contribution in [0, 0.1) is 0 Å². The molecule has 0 spiro atoms. The van der Waals surface area contributed by atoms with Crippen molar-refractivity contribution >= 4 is 5.69 Å². The summed E-state index contributed by atoms with van der Waals surface area (Å²) >= 11 is 0. The van der Waals surface area contributed by atoms with Crippen LogP contribution in [0.15, 0.2) is 42.5 Å². The standard InChI is InChI=1S/C16H17NO3/c1-19-16-10-13(18)7-6-12(16)11-17-8-9-20-15-5-3-2-4-14(15)17/h2-7,10,18H,8-9,11H2,1H3. The van der Waals surface area contributed by atoms with Crippen LogP contribution in [0.1, 0.15) is 5.56 Å². The molecule has 0 unspecified atom stereocenters. The average molecular weight is 271 g/mol. The van der Waals surface area contributed by atoms with Gasteiger partial charge in [0.1, 0.15) is 23.9 Å². The molecule has 1 heterocycles. The van der Waals surface area contributed by atoms with Crippen LogP contribution in [-0.2, 0) is 6.54 Å². The smallest absolute Gasteiger partial charge is 0.142 e. The van der Waals surface area contributed by atoms with E-state index in [4.69, 9.17) is 9.47 Å². The van der Waals surface area contributed by atoms with Gasteiger partial charge in [-0.15, -0.1) is 0 Å². The van der Waals surface area contributed by atoms with Gasteiger partial charge in [0.25, 0.3) is 0 Å². The number of fused-ring (bicyclic) bond motifs is 1. The van der Waals surface area contributed by atoms with Gasteiger partial charge in [0.15, 0.2) is 0 Å². The summed E-state index contributed by atoms with van der Waals surface area (Å²) in [7, 11) is 1.62. The number of hydrogen-bond acceptors (Lipinski definition) is 4. The average Bonchev–Trinajstić information content (AvgIpc) is 2.49. The van der Waals surface area contributed by atoms with E-state index in [0.717, 1.165) is 30.1 Å². The number of ether oxygens (including phenoxy) is 2. The van der Waals surface area contributed by atoms with E-state index in [9.17, 15) is 5.11 Å². The third-order valence-corrected chi connectivity index (χ3v) is 3.46. The second-order valence-corrected chi connectivity index (χ2v) is 4.73. The van der Waals surface area contributed by atoms with Crippen LogP contribution in [-0.4, -0.2) is 25.4 Å². The molecule has 0 atom stereocenters. The van der Waals surface area contributed by atoms with Gasteiger partial charge in [-0.2, -0.15) is 0 Å². The predicted octanol–water partition coefficient (Wildman–Crippen LogP) is 2.80. The summed E-state index contributed by atoms with van der Waals surface area (Å²) < 4.78 is 11.0. The van der Waals surface area contributed by atoms with Gasteiger partial charge < -0.3 is 19.5 Å². The topological polar surface area (TPSA) is 41.9 Å². The lowest BCUT2D eigenvalue weighted by Gasteiger charge is -2.31. The van der Waals surface area contributed by atoms with Crippen LogP contribution in [0.3, 0.4) is 0 Å². The van der Waals surface area contributed by atoms with Crippen molar-refractivity contribution in [2.45, 2.75) is 6.54 Å². The number of hydrogen-bond donors (Lipinski definition) is 1. The Kier molecular flexibility index (Phi) is 3.37. The zero-order valence-corrected chi connectivity index (χ0v) is 11.4. The van der Waals surface area contributed by atoms with E-state index in [-0.39, 0.29) is 5.75 Å². The summed E-state index contributed by atoms with van der Waals surface area (Å²) in [6, 6.07) is 13.2. The minimum absolute atomic E-state index is 0.216. The largest absolute Gasteiger partial charge is 0.508 e. The maximum atomic E-state index is 9.52. The maximum Gasteiger partial charge on any atom is 0.142 e. The molecule has 0 bridgehead atoms. The number of benzene rings is 2. The molecule has 0 saturated carbocycles. The Morgan fingerprint density at radius 2 is 2.10 bits per heavy atom. The van der Waals surface area contributed by atoms with Crippen LogP contribution in [0.25, 0.3) is 0 Å². The summed E-state index contributed by atoms with van der Waals surface area (Å²) in [6.45, 7) is 2.24. The molecule has 104 valence electrons. The molecule has 4 heteroatoms. The second-order valence-electron chi connectivity index (χ2n) is 4.73. The Balaban J connectivity index is 1.89. The molecule has 1 aliphatic heterocycles. The second kappa shape index (κ2) is 5.33. The fraction of sp³-hybridized carbons (Fsp3) is 0.250. The molecule has 0 fully saturated rings. The molecule has 0 aliphatic carbocycles. The summed E-state index contributed by atoms with van der Waals surface area (Å²) in [5.41, 5.74) is 2.14. The van der Waals surface area contributed by atoms with Crippen molar-refractivity contribution in [3.63, 3.8) is 0 Å². The SMILES string of the molecule is COc1cc(O)ccc1CN1CCOc2ccccc21. The van der Waals surface area contributed by atoms with Crippen molar-refractivity contribution in [3.05, 3.63) is 48.0 Å². The van der Waals surface area contributed by atoms with Crippen molar-refractivity contribution in [1.29, 1.82) is 0 Å². The third kappa shape index (κ3) is 2.37. The molecule has 2 aromatic carbocycles. The van der Waals surface area contributed by atoms with Crippen LogP contribution in [0.5, 0.6) is 17.2 Å². The number of para-hydroxylation sites is 2. The predicted molar refractivity (Wildman–Crippen MR) is 77.6 cm³/mol. The maximum absolute atomic E-state index is 9.52. The molecule has 0 aromatic heterocycles. The highest BCUT2D eigenvalue weighted by atomic mass is 16.5. The van der Waals surface area contributed by atoms with Gasteiger partial charge in [0.05, 0.1) is 19.3 Å². The molecule has 4 nitrogen and oxygen atoms in total. The first kappa shape index (κ1) is 12.7. The molecule has 0 amide bonds. The summed E-state index contributed by atoms with van der Waals surface area (Å²) in [5, 5.41) is 9.52. The summed E-state index contributed by atoms with van der Waals surface area (Å²) in [6.07, 6.45) is 0. The van der Waals surface area contributed by atoms with Crippen LogP contribution < -0.4 is 14.4 Å². The lowest BCUT2D eigenvalue weighted by atomic mass is 10.1. The van der Waals surface area contributed by atoms with Gasteiger partial charge in [-0.3, -0.25) is 0 Å². The molecule has 20 heavy (non-hydrogen) atoms. The first-order valence-corrected chi connectivity index (χ1v) is 6.60. The fourth-order valence-electron chi connectivity index (χ4n) is 2.46. The van der Waals surface area contributed by atoms with E-state index < -0.39 is 0 Å². The van der Waals surface area contributed by atoms with Crippen molar-refractivity contribution in [3.8, 4) is 17.2 Å². The highest BCUT2D eigenvalue weighted by molar-refractivity contribution is 5.60. The first-order valence-electron chi connectivity index (χ1n) is 6.60. The summed E-state index contributed by atoms with van der Waals surface area (Å²) in [5.74, 6) is 1.83. The Morgan fingerprint density at radius 3 is 2.95 bits per heavy atom. The Hall–Kier alpha value is -2.36. The van der Waals surface area contributed by atoms with Crippen LogP contribution in [0.4, 0.5) is 5.69 Å². The van der Waals surface area contributed by atoms with Crippen molar-refractivity contribution < 1.29 is 14.6 Å². The molecule has 1 N–H and O–H groups in total. The van der Waals surface area contributed by atoms with Crippen molar-refractivity contribution in [2.24, 2.45) is 0 Å². The zero-order chi connectivity index (χ0) is 13.9. The lowest BCUT2D eigenvalue weighted by Crippen LogP contribution is -2.32. The van der Waals surface area contributed by atoms with E-state index >= 15 is 0 Å². The van der Waals surface area contributed by atoms with E-state index in [1.807, 2.05) is 24.3 Å². The molecular formula is C16H17NO3. The molecule has 2 aromatic rings. The normalized spacial score (nSPS) is 13.6. The van der Waals surface area contributed by atoms with Gasteiger partial charge in [-0.05, 0) is 24.3 Å². The number of phenols is 1. The van der Waals surface area contributed by atoms with E-state index in [1.54, 1.807) is 19.2 Å². The summed E-state index contributed by atoms with van der Waals surface area (Å²) in [4.78, 5) is 2.26. The number of rotatable bonds is 3. The van der Waals surface area contributed by atoms with Crippen LogP contribution >= 0.6 is 0 Å². The van der Waals surface area contributed by atoms with Gasteiger partial charge in [0, 0.05) is 18.2 Å². The lowest BCUT2D eigenvalue weighted by molar-refractivity contribution is 0.306. The minimum atomic E-state index is 0.216. The Bertz CT molecular complexity index is 612. The number of nitrogens with zero attached hydrogens (tertiary/aromatic N) is 1. The molecule has 3 rings (SSSR count). The highest BCUT2D eigenvalue weighted by Crippen LogP contribution is 2.33. The Labute approximate surface area is 118 Å². The molecule has 0 radical (unpaired) electrons. The van der Waals surface area contributed by atoms with Gasteiger partial charge in [-0.1, -0.05) is 12.1 Å². The van der Waals surface area contributed by atoms with E-state index in [2.05, 4.69) is 11.0 Å². The van der Waals surface area contributed by atoms with E-state index in [1.165, 1.54) is 0 Å². The monoisotopic (exact) mass is 271 g/mol. The van der Waals surface area contributed by atoms with Gasteiger partial charge in [-0.25, -0.2) is 0 Å². The third-order valence-electron chi connectivity index (χ3n) is 3.46. The van der Waals surface area contributed by atoms with E-state index in [0.29, 0.717) is 12.4 Å². The quantitative estimate of drug-likeness (QED) is 0.932. The molecular weight excluding hydrogens is 254 g/mol. The number of methoxy groups -OCH3 is 1. The minimum Gasteiger partial charge on any atom is -0.508 e. The molecule has 1 aliphatic rings.